The number of fused-ring (bicyclic) bond motifs is 1. The third kappa shape index (κ3) is 1.89. The lowest BCUT2D eigenvalue weighted by atomic mass is 9.88. The van der Waals surface area contributed by atoms with E-state index in [1.54, 1.807) is 0 Å². The van der Waals surface area contributed by atoms with E-state index in [0.717, 1.165) is 0 Å². The van der Waals surface area contributed by atoms with Crippen molar-refractivity contribution in [1.82, 2.24) is 0 Å². The van der Waals surface area contributed by atoms with Gasteiger partial charge in [-0.15, -0.1) is 0 Å². The van der Waals surface area contributed by atoms with Gasteiger partial charge in [-0.1, -0.05) is 0 Å². The first-order chi connectivity index (χ1) is 8.51. The minimum absolute atomic E-state index is 0.216. The molecule has 0 saturated heterocycles. The van der Waals surface area contributed by atoms with Gasteiger partial charge in [-0.25, -0.2) is 0 Å². The van der Waals surface area contributed by atoms with Crippen LogP contribution in [0.25, 0.3) is 0 Å². The predicted octanol–water partition coefficient (Wildman–Crippen LogP) is -0.674. The average molecular weight is 258 g/mol. The number of aliphatic hydroxyl groups is 2. The molecule has 2 aliphatic carbocycles. The summed E-state index contributed by atoms with van der Waals surface area (Å²) in [6.45, 7) is 0. The molecule has 6 nitrogen and oxygen atoms in total. The minimum atomic E-state index is -0.813. The van der Waals surface area contributed by atoms with Gasteiger partial charge in [-0.3, -0.25) is 9.59 Å². The number of methoxy groups -OCH3 is 2. The van der Waals surface area contributed by atoms with Crippen LogP contribution in [0.4, 0.5) is 0 Å². The first-order valence-electron chi connectivity index (χ1n) is 6.03. The Hall–Kier alpha value is -1.14. The van der Waals surface area contributed by atoms with Gasteiger partial charge >= 0.3 is 11.9 Å². The van der Waals surface area contributed by atoms with Gasteiger partial charge in [0.1, 0.15) is 0 Å². The summed E-state index contributed by atoms with van der Waals surface area (Å²) < 4.78 is 9.35. The van der Waals surface area contributed by atoms with Crippen molar-refractivity contribution in [2.75, 3.05) is 14.2 Å². The van der Waals surface area contributed by atoms with Crippen LogP contribution in [-0.2, 0) is 19.1 Å². The second kappa shape index (κ2) is 4.85. The van der Waals surface area contributed by atoms with Gasteiger partial charge in [-0.2, -0.15) is 0 Å². The molecule has 0 aliphatic heterocycles. The van der Waals surface area contributed by atoms with E-state index in [-0.39, 0.29) is 11.8 Å². The molecule has 2 rings (SSSR count). The highest BCUT2D eigenvalue weighted by molar-refractivity contribution is 5.77. The van der Waals surface area contributed by atoms with Crippen molar-refractivity contribution in [3.8, 4) is 0 Å². The van der Waals surface area contributed by atoms with Crippen molar-refractivity contribution in [2.45, 2.75) is 25.0 Å². The fraction of sp³-hybridized carbons (Fsp3) is 0.833. The molecule has 0 radical (unpaired) electrons. The average Bonchev–Trinajstić information content (AvgIpc) is 2.80. The van der Waals surface area contributed by atoms with Crippen molar-refractivity contribution >= 4 is 11.9 Å². The second-order valence-electron chi connectivity index (χ2n) is 5.03. The summed E-state index contributed by atoms with van der Waals surface area (Å²) in [6.07, 6.45) is -0.984. The SMILES string of the molecule is COC(=O)C1C(O)CC2C1CC(O)C2C(=O)OC. The van der Waals surface area contributed by atoms with E-state index >= 15 is 0 Å². The zero-order chi connectivity index (χ0) is 13.4. The van der Waals surface area contributed by atoms with Crippen LogP contribution in [0.2, 0.25) is 0 Å². The first-order valence-corrected chi connectivity index (χ1v) is 6.03. The Morgan fingerprint density at radius 2 is 1.22 bits per heavy atom. The van der Waals surface area contributed by atoms with Gasteiger partial charge in [0.25, 0.3) is 0 Å². The van der Waals surface area contributed by atoms with Crippen LogP contribution in [0.15, 0.2) is 0 Å². The molecule has 2 aliphatic rings. The van der Waals surface area contributed by atoms with Crippen LogP contribution in [-0.4, -0.2) is 48.6 Å². The van der Waals surface area contributed by atoms with Crippen molar-refractivity contribution in [1.29, 1.82) is 0 Å². The largest absolute Gasteiger partial charge is 0.469 e. The number of rotatable bonds is 2. The highest BCUT2D eigenvalue weighted by atomic mass is 16.5. The van der Waals surface area contributed by atoms with Gasteiger partial charge in [0, 0.05) is 0 Å². The molecule has 0 heterocycles. The number of aliphatic hydroxyl groups excluding tert-OH is 2. The van der Waals surface area contributed by atoms with Gasteiger partial charge in [0.05, 0.1) is 38.3 Å². The Balaban J connectivity index is 2.21. The summed E-state index contributed by atoms with van der Waals surface area (Å²) in [4.78, 5) is 23.3. The first kappa shape index (κ1) is 13.3. The second-order valence-corrected chi connectivity index (χ2v) is 5.03. The van der Waals surface area contributed by atoms with Crippen LogP contribution >= 0.6 is 0 Å². The molecule has 18 heavy (non-hydrogen) atoms. The number of hydrogen-bond acceptors (Lipinski definition) is 6. The lowest BCUT2D eigenvalue weighted by Crippen LogP contribution is -2.30. The standard InChI is InChI=1S/C12H18O6/c1-17-11(15)9-5-3-8(14)10(12(16)18-2)6(5)4-7(9)13/h5-10,13-14H,3-4H2,1-2H3. The molecule has 0 aromatic heterocycles. The summed E-state index contributed by atoms with van der Waals surface area (Å²) in [6, 6.07) is 0. The van der Waals surface area contributed by atoms with Crippen molar-refractivity contribution in [2.24, 2.45) is 23.7 Å². The van der Waals surface area contributed by atoms with Gasteiger partial charge in [0.15, 0.2) is 0 Å². The van der Waals surface area contributed by atoms with E-state index in [1.807, 2.05) is 0 Å². The van der Waals surface area contributed by atoms with Gasteiger partial charge in [-0.05, 0) is 24.7 Å². The molecule has 0 amide bonds. The maximum Gasteiger partial charge on any atom is 0.311 e. The third-order valence-electron chi connectivity index (χ3n) is 4.28. The molecule has 6 unspecified atom stereocenters. The lowest BCUT2D eigenvalue weighted by molar-refractivity contribution is -0.151. The van der Waals surface area contributed by atoms with Gasteiger partial charge < -0.3 is 19.7 Å². The van der Waals surface area contributed by atoms with Crippen LogP contribution in [0.3, 0.4) is 0 Å². The molecule has 102 valence electrons. The highest BCUT2D eigenvalue weighted by Gasteiger charge is 2.58. The topological polar surface area (TPSA) is 93.1 Å². The molecule has 2 N–H and O–H groups in total. The van der Waals surface area contributed by atoms with Crippen LogP contribution in [0, 0.1) is 23.7 Å². The number of esters is 2. The normalized spacial score (nSPS) is 42.4. The zero-order valence-electron chi connectivity index (χ0n) is 10.4. The van der Waals surface area contributed by atoms with Crippen LogP contribution in [0.1, 0.15) is 12.8 Å². The Labute approximate surface area is 105 Å². The summed E-state index contributed by atoms with van der Waals surface area (Å²) in [5.74, 6) is -2.69. The van der Waals surface area contributed by atoms with Crippen molar-refractivity contribution in [3.63, 3.8) is 0 Å². The van der Waals surface area contributed by atoms with E-state index in [4.69, 9.17) is 0 Å². The molecular weight excluding hydrogens is 240 g/mol. The summed E-state index contributed by atoms with van der Waals surface area (Å²) in [5.41, 5.74) is 0. The predicted molar refractivity (Wildman–Crippen MR) is 59.2 cm³/mol. The van der Waals surface area contributed by atoms with E-state index < -0.39 is 36.0 Å². The Morgan fingerprint density at radius 3 is 1.50 bits per heavy atom. The number of carbonyl (C=O) groups excluding carboxylic acids is 2. The molecule has 2 fully saturated rings. The number of hydrogen-bond donors (Lipinski definition) is 2. The van der Waals surface area contributed by atoms with E-state index in [2.05, 4.69) is 9.47 Å². The molecule has 6 atom stereocenters. The fourth-order valence-electron chi connectivity index (χ4n) is 3.53. The highest BCUT2D eigenvalue weighted by Crippen LogP contribution is 2.51. The molecule has 6 heteroatoms. The zero-order valence-corrected chi connectivity index (χ0v) is 10.4. The maximum absolute atomic E-state index is 11.6. The molecule has 0 bridgehead atoms. The summed E-state index contributed by atoms with van der Waals surface area (Å²) >= 11 is 0. The fourth-order valence-corrected chi connectivity index (χ4v) is 3.53. The molecule has 0 aromatic rings. The Bertz CT molecular complexity index is 320. The van der Waals surface area contributed by atoms with Crippen LogP contribution < -0.4 is 0 Å². The molecule has 2 saturated carbocycles. The van der Waals surface area contributed by atoms with Crippen molar-refractivity contribution < 1.29 is 29.3 Å². The third-order valence-corrected chi connectivity index (χ3v) is 4.28. The molecule has 0 aromatic carbocycles. The maximum atomic E-state index is 11.6. The smallest absolute Gasteiger partial charge is 0.311 e. The van der Waals surface area contributed by atoms with Gasteiger partial charge in [0.2, 0.25) is 0 Å². The Morgan fingerprint density at radius 1 is 0.889 bits per heavy atom. The van der Waals surface area contributed by atoms with E-state index in [0.29, 0.717) is 12.8 Å². The van der Waals surface area contributed by atoms with Crippen LogP contribution in [0.5, 0.6) is 0 Å². The summed E-state index contributed by atoms with van der Waals surface area (Å²) in [7, 11) is 2.54. The Kier molecular flexibility index (Phi) is 3.59. The number of ether oxygens (including phenoxy) is 2. The van der Waals surface area contributed by atoms with E-state index in [9.17, 15) is 19.8 Å². The summed E-state index contributed by atoms with van der Waals surface area (Å²) in [5, 5.41) is 19.8. The molecule has 0 spiro atoms. The van der Waals surface area contributed by atoms with Crippen molar-refractivity contribution in [3.05, 3.63) is 0 Å². The number of carbonyl (C=O) groups is 2. The minimum Gasteiger partial charge on any atom is -0.469 e. The monoisotopic (exact) mass is 258 g/mol. The van der Waals surface area contributed by atoms with E-state index in [1.165, 1.54) is 14.2 Å². The molecular formula is C12H18O6. The lowest BCUT2D eigenvalue weighted by Gasteiger charge is -2.18. The quantitative estimate of drug-likeness (QED) is 0.638.